The third-order valence-electron chi connectivity index (χ3n) is 5.66. The van der Waals surface area contributed by atoms with Gasteiger partial charge < -0.3 is 5.32 Å². The van der Waals surface area contributed by atoms with Gasteiger partial charge in [-0.25, -0.2) is 0 Å². The van der Waals surface area contributed by atoms with Crippen LogP contribution in [0.5, 0.6) is 0 Å². The first-order valence-electron chi connectivity index (χ1n) is 8.36. The monoisotopic (exact) mass is 284 g/mol. The molecule has 3 aliphatic rings. The lowest BCUT2D eigenvalue weighted by molar-refractivity contribution is -0.123. The van der Waals surface area contributed by atoms with E-state index in [4.69, 9.17) is 0 Å². The van der Waals surface area contributed by atoms with Crippen molar-refractivity contribution in [3.8, 4) is 0 Å². The molecule has 2 fully saturated rings. The lowest BCUT2D eigenvalue weighted by Gasteiger charge is -2.29. The number of nitrogens with one attached hydrogen (secondary N) is 1. The summed E-state index contributed by atoms with van der Waals surface area (Å²) in [5.74, 6) is 1.88. The molecule has 0 radical (unpaired) electrons. The molecule has 2 bridgehead atoms. The highest BCUT2D eigenvalue weighted by atomic mass is 16.2. The van der Waals surface area contributed by atoms with Crippen molar-refractivity contribution in [1.82, 2.24) is 10.2 Å². The third kappa shape index (κ3) is 2.71. The van der Waals surface area contributed by atoms with Gasteiger partial charge in [-0.05, 0) is 48.6 Å². The first kappa shape index (κ1) is 13.3. The van der Waals surface area contributed by atoms with Crippen molar-refractivity contribution in [2.24, 2.45) is 11.8 Å². The van der Waals surface area contributed by atoms with Gasteiger partial charge in [0, 0.05) is 19.1 Å². The van der Waals surface area contributed by atoms with Crippen molar-refractivity contribution in [2.45, 2.75) is 44.7 Å². The predicted octanol–water partition coefficient (Wildman–Crippen LogP) is 2.35. The Morgan fingerprint density at radius 1 is 1.19 bits per heavy atom. The number of hydrogen-bond acceptors (Lipinski definition) is 2. The molecular formula is C18H24N2O. The Morgan fingerprint density at radius 3 is 2.81 bits per heavy atom. The van der Waals surface area contributed by atoms with Gasteiger partial charge in [-0.2, -0.15) is 0 Å². The Bertz CT molecular complexity index is 542. The minimum atomic E-state index is 0.229. The van der Waals surface area contributed by atoms with E-state index in [0.717, 1.165) is 31.3 Å². The van der Waals surface area contributed by atoms with Gasteiger partial charge in [0.1, 0.15) is 0 Å². The van der Waals surface area contributed by atoms with E-state index in [-0.39, 0.29) is 5.91 Å². The molecule has 0 unspecified atom stereocenters. The first-order chi connectivity index (χ1) is 10.3. The van der Waals surface area contributed by atoms with E-state index >= 15 is 0 Å². The van der Waals surface area contributed by atoms with E-state index in [9.17, 15) is 4.79 Å². The lowest BCUT2D eigenvalue weighted by Crippen LogP contribution is -2.45. The Hall–Kier alpha value is -1.35. The maximum atomic E-state index is 12.3. The van der Waals surface area contributed by atoms with Crippen LogP contribution in [-0.2, 0) is 17.8 Å². The average molecular weight is 284 g/mol. The molecule has 112 valence electrons. The van der Waals surface area contributed by atoms with Gasteiger partial charge >= 0.3 is 0 Å². The second kappa shape index (κ2) is 5.45. The second-order valence-corrected chi connectivity index (χ2v) is 7.08. The fourth-order valence-corrected chi connectivity index (χ4v) is 4.57. The Morgan fingerprint density at radius 2 is 2.05 bits per heavy atom. The van der Waals surface area contributed by atoms with E-state index < -0.39 is 0 Å². The largest absolute Gasteiger partial charge is 0.352 e. The summed E-state index contributed by atoms with van der Waals surface area (Å²) in [6.45, 7) is 2.48. The first-order valence-corrected chi connectivity index (χ1v) is 8.36. The average Bonchev–Trinajstić information content (AvgIpc) is 3.09. The molecule has 21 heavy (non-hydrogen) atoms. The van der Waals surface area contributed by atoms with Crippen LogP contribution in [0, 0.1) is 11.8 Å². The number of rotatable bonds is 3. The number of carbonyl (C=O) groups is 1. The molecule has 0 spiro atoms. The number of benzene rings is 1. The van der Waals surface area contributed by atoms with Crippen LogP contribution in [0.1, 0.15) is 36.8 Å². The summed E-state index contributed by atoms with van der Waals surface area (Å²) in [5.41, 5.74) is 2.83. The molecule has 1 aromatic rings. The van der Waals surface area contributed by atoms with E-state index in [2.05, 4.69) is 34.5 Å². The lowest BCUT2D eigenvalue weighted by atomic mass is 9.95. The van der Waals surface area contributed by atoms with Gasteiger partial charge in [0.15, 0.2) is 0 Å². The minimum absolute atomic E-state index is 0.229. The molecule has 3 nitrogen and oxygen atoms in total. The van der Waals surface area contributed by atoms with Gasteiger partial charge in [0.2, 0.25) is 5.91 Å². The fraction of sp³-hybridized carbons (Fsp3) is 0.611. The van der Waals surface area contributed by atoms with Gasteiger partial charge in [0.25, 0.3) is 0 Å². The summed E-state index contributed by atoms with van der Waals surface area (Å²) in [6.07, 6.45) is 6.35. The zero-order chi connectivity index (χ0) is 14.2. The number of nitrogens with zero attached hydrogens (tertiary/aromatic N) is 1. The highest BCUT2D eigenvalue weighted by molar-refractivity contribution is 5.78. The molecule has 1 amide bonds. The fourth-order valence-electron chi connectivity index (χ4n) is 4.57. The smallest absolute Gasteiger partial charge is 0.234 e. The molecule has 2 aliphatic carbocycles. The number of fused-ring (bicyclic) bond motifs is 3. The Kier molecular flexibility index (Phi) is 3.46. The normalized spacial score (nSPS) is 31.1. The Balaban J connectivity index is 1.31. The molecule has 3 atom stereocenters. The van der Waals surface area contributed by atoms with Crippen LogP contribution >= 0.6 is 0 Å². The molecule has 2 saturated carbocycles. The van der Waals surface area contributed by atoms with Crippen LogP contribution in [0.2, 0.25) is 0 Å². The summed E-state index contributed by atoms with van der Waals surface area (Å²) in [4.78, 5) is 14.6. The standard InChI is InChI=1S/C18H24N2O/c21-18(19-17-10-13-5-6-15(17)9-13)12-20-8-7-14-3-1-2-4-16(14)11-20/h1-4,13,15,17H,5-12H2,(H,19,21)/t13-,15-,17-/m0/s1. The van der Waals surface area contributed by atoms with Gasteiger partial charge in [-0.3, -0.25) is 9.69 Å². The van der Waals surface area contributed by atoms with Crippen molar-refractivity contribution in [2.75, 3.05) is 13.1 Å². The molecule has 0 saturated heterocycles. The van der Waals surface area contributed by atoms with Crippen molar-refractivity contribution in [3.63, 3.8) is 0 Å². The number of amides is 1. The van der Waals surface area contributed by atoms with Crippen LogP contribution in [0.15, 0.2) is 24.3 Å². The van der Waals surface area contributed by atoms with Crippen molar-refractivity contribution < 1.29 is 4.79 Å². The van der Waals surface area contributed by atoms with Gasteiger partial charge in [-0.15, -0.1) is 0 Å². The van der Waals surface area contributed by atoms with Crippen molar-refractivity contribution in [3.05, 3.63) is 35.4 Å². The van der Waals surface area contributed by atoms with Crippen LogP contribution < -0.4 is 5.32 Å². The van der Waals surface area contributed by atoms with E-state index in [1.54, 1.807) is 0 Å². The molecule has 1 aliphatic heterocycles. The van der Waals surface area contributed by atoms with Crippen LogP contribution in [0.3, 0.4) is 0 Å². The van der Waals surface area contributed by atoms with Crippen LogP contribution in [0.25, 0.3) is 0 Å². The van der Waals surface area contributed by atoms with Gasteiger partial charge in [-0.1, -0.05) is 30.7 Å². The topological polar surface area (TPSA) is 32.3 Å². The summed E-state index contributed by atoms with van der Waals surface area (Å²) in [6, 6.07) is 9.07. The second-order valence-electron chi connectivity index (χ2n) is 7.08. The van der Waals surface area contributed by atoms with E-state index in [1.807, 2.05) is 0 Å². The Labute approximate surface area is 126 Å². The van der Waals surface area contributed by atoms with E-state index in [0.29, 0.717) is 12.6 Å². The van der Waals surface area contributed by atoms with Crippen molar-refractivity contribution >= 4 is 5.91 Å². The van der Waals surface area contributed by atoms with Crippen LogP contribution in [-0.4, -0.2) is 29.9 Å². The van der Waals surface area contributed by atoms with Gasteiger partial charge in [0.05, 0.1) is 6.54 Å². The number of carbonyl (C=O) groups excluding carboxylic acids is 1. The maximum Gasteiger partial charge on any atom is 0.234 e. The van der Waals surface area contributed by atoms with Crippen LogP contribution in [0.4, 0.5) is 0 Å². The zero-order valence-corrected chi connectivity index (χ0v) is 12.6. The molecular weight excluding hydrogens is 260 g/mol. The highest BCUT2D eigenvalue weighted by Gasteiger charge is 2.40. The molecule has 4 rings (SSSR count). The number of hydrogen-bond donors (Lipinski definition) is 1. The molecule has 1 aromatic carbocycles. The zero-order valence-electron chi connectivity index (χ0n) is 12.6. The maximum absolute atomic E-state index is 12.3. The molecule has 1 N–H and O–H groups in total. The summed E-state index contributed by atoms with van der Waals surface area (Å²) in [5, 5.41) is 3.30. The summed E-state index contributed by atoms with van der Waals surface area (Å²) < 4.78 is 0. The SMILES string of the molecule is O=C(CN1CCc2ccccc2C1)N[C@H]1C[C@H]2CC[C@H]1C2. The summed E-state index contributed by atoms with van der Waals surface area (Å²) in [7, 11) is 0. The third-order valence-corrected chi connectivity index (χ3v) is 5.66. The predicted molar refractivity (Wildman–Crippen MR) is 82.8 cm³/mol. The molecule has 3 heteroatoms. The highest BCUT2D eigenvalue weighted by Crippen LogP contribution is 2.44. The molecule has 0 aromatic heterocycles. The minimum Gasteiger partial charge on any atom is -0.352 e. The van der Waals surface area contributed by atoms with Crippen molar-refractivity contribution in [1.29, 1.82) is 0 Å². The quantitative estimate of drug-likeness (QED) is 0.924. The van der Waals surface area contributed by atoms with E-state index in [1.165, 1.54) is 36.8 Å². The molecule has 1 heterocycles. The summed E-state index contributed by atoms with van der Waals surface area (Å²) >= 11 is 0.